The molecule has 0 aliphatic carbocycles. The van der Waals surface area contributed by atoms with E-state index in [1.54, 1.807) is 24.3 Å². The molecule has 26 heavy (non-hydrogen) atoms. The van der Waals surface area contributed by atoms with Crippen molar-refractivity contribution in [3.63, 3.8) is 0 Å². The van der Waals surface area contributed by atoms with Crippen LogP contribution in [0.4, 0.5) is 10.5 Å². The minimum atomic E-state index is -0.520. The van der Waals surface area contributed by atoms with Gasteiger partial charge in [0.15, 0.2) is 6.23 Å². The third-order valence-corrected chi connectivity index (χ3v) is 4.16. The van der Waals surface area contributed by atoms with E-state index in [2.05, 4.69) is 22.5 Å². The maximum atomic E-state index is 11.9. The van der Waals surface area contributed by atoms with Crippen LogP contribution in [0.5, 0.6) is 11.5 Å². The Hall–Kier alpha value is -2.95. The van der Waals surface area contributed by atoms with Gasteiger partial charge in [-0.05, 0) is 68.8 Å². The number of nitrogens with one attached hydrogen (secondary N) is 1. The maximum Gasteiger partial charge on any atom is 0.417 e. The fourth-order valence-electron chi connectivity index (χ4n) is 2.77. The molecule has 0 spiro atoms. The molecule has 0 radical (unpaired) electrons. The van der Waals surface area contributed by atoms with E-state index in [0.717, 1.165) is 18.7 Å². The molecule has 0 bridgehead atoms. The zero-order valence-electron chi connectivity index (χ0n) is 14.9. The molecule has 3 rings (SSSR count). The van der Waals surface area contributed by atoms with Crippen molar-refractivity contribution < 1.29 is 14.3 Å². The molecule has 2 aromatic carbocycles. The van der Waals surface area contributed by atoms with Crippen LogP contribution in [-0.2, 0) is 0 Å². The van der Waals surface area contributed by atoms with Crippen molar-refractivity contribution in [2.75, 3.05) is 11.9 Å². The summed E-state index contributed by atoms with van der Waals surface area (Å²) in [6.45, 7) is 3.03. The topological polar surface area (TPSA) is 50.8 Å². The van der Waals surface area contributed by atoms with Crippen molar-refractivity contribution in [1.82, 2.24) is 4.90 Å². The number of rotatable bonds is 5. The van der Waals surface area contributed by atoms with Crippen LogP contribution in [0.25, 0.3) is 0 Å². The zero-order chi connectivity index (χ0) is 18.2. The summed E-state index contributed by atoms with van der Waals surface area (Å²) in [7, 11) is 0. The second kappa shape index (κ2) is 8.94. The minimum Gasteiger partial charge on any atom is -0.471 e. The minimum absolute atomic E-state index is 0.0440. The number of benzene rings is 2. The van der Waals surface area contributed by atoms with Crippen molar-refractivity contribution in [2.24, 2.45) is 0 Å². The monoisotopic (exact) mass is 352 g/mol. The van der Waals surface area contributed by atoms with Crippen LogP contribution in [0.1, 0.15) is 26.2 Å². The lowest BCUT2D eigenvalue weighted by molar-refractivity contribution is 0.0778. The van der Waals surface area contributed by atoms with E-state index in [4.69, 9.17) is 9.47 Å². The number of allylic oxidation sites excluding steroid dienone is 1. The largest absolute Gasteiger partial charge is 0.471 e. The van der Waals surface area contributed by atoms with Crippen LogP contribution in [0.3, 0.4) is 0 Å². The van der Waals surface area contributed by atoms with Crippen LogP contribution in [0.15, 0.2) is 66.9 Å². The average molecular weight is 352 g/mol. The Bertz CT molecular complexity index is 729. The van der Waals surface area contributed by atoms with Gasteiger partial charge in [0.05, 0.1) is 0 Å². The molecule has 0 saturated carbocycles. The SMILES string of the molecule is CC(Oc1ccc(OC(=O)Nc2ccccc2)cc1)N1C=CCCCC1. The van der Waals surface area contributed by atoms with Gasteiger partial charge < -0.3 is 14.4 Å². The lowest BCUT2D eigenvalue weighted by Crippen LogP contribution is -2.33. The highest BCUT2D eigenvalue weighted by molar-refractivity contribution is 5.86. The third-order valence-electron chi connectivity index (χ3n) is 4.16. The number of ether oxygens (including phenoxy) is 2. The van der Waals surface area contributed by atoms with Crippen LogP contribution in [0.2, 0.25) is 0 Å². The van der Waals surface area contributed by atoms with Crippen molar-refractivity contribution in [3.8, 4) is 11.5 Å². The molecule has 1 amide bonds. The van der Waals surface area contributed by atoms with E-state index in [9.17, 15) is 4.79 Å². The zero-order valence-corrected chi connectivity index (χ0v) is 14.9. The van der Waals surface area contributed by atoms with E-state index < -0.39 is 6.09 Å². The summed E-state index contributed by atoms with van der Waals surface area (Å²) in [4.78, 5) is 14.1. The van der Waals surface area contributed by atoms with Crippen molar-refractivity contribution in [1.29, 1.82) is 0 Å². The fraction of sp³-hybridized carbons (Fsp3) is 0.286. The van der Waals surface area contributed by atoms with E-state index in [-0.39, 0.29) is 6.23 Å². The maximum absolute atomic E-state index is 11.9. The van der Waals surface area contributed by atoms with Crippen LogP contribution >= 0.6 is 0 Å². The number of amides is 1. The first kappa shape index (κ1) is 17.9. The lowest BCUT2D eigenvalue weighted by Gasteiger charge is -2.27. The first-order chi connectivity index (χ1) is 12.7. The summed E-state index contributed by atoms with van der Waals surface area (Å²) in [5.74, 6) is 1.21. The molecule has 0 saturated heterocycles. The Kier molecular flexibility index (Phi) is 6.14. The van der Waals surface area contributed by atoms with Crippen LogP contribution in [-0.4, -0.2) is 23.8 Å². The van der Waals surface area contributed by atoms with Crippen molar-refractivity contribution in [3.05, 3.63) is 66.9 Å². The van der Waals surface area contributed by atoms with Crippen molar-refractivity contribution >= 4 is 11.8 Å². The number of para-hydroxylation sites is 1. The average Bonchev–Trinajstić information content (AvgIpc) is 2.94. The summed E-state index contributed by atoms with van der Waals surface area (Å²) in [5, 5.41) is 2.68. The number of hydrogen-bond acceptors (Lipinski definition) is 4. The van der Waals surface area contributed by atoms with Gasteiger partial charge in [-0.3, -0.25) is 5.32 Å². The summed E-state index contributed by atoms with van der Waals surface area (Å²) < 4.78 is 11.3. The summed E-state index contributed by atoms with van der Waals surface area (Å²) in [6.07, 6.45) is 7.25. The molecule has 1 aliphatic heterocycles. The third kappa shape index (κ3) is 5.28. The summed E-state index contributed by atoms with van der Waals surface area (Å²) in [6, 6.07) is 16.3. The van der Waals surface area contributed by atoms with Crippen LogP contribution in [0, 0.1) is 0 Å². The molecule has 0 aromatic heterocycles. The van der Waals surface area contributed by atoms with Gasteiger partial charge in [-0.2, -0.15) is 0 Å². The predicted molar refractivity (Wildman–Crippen MR) is 102 cm³/mol. The fourth-order valence-corrected chi connectivity index (χ4v) is 2.77. The van der Waals surface area contributed by atoms with E-state index >= 15 is 0 Å². The highest BCUT2D eigenvalue weighted by Crippen LogP contribution is 2.21. The molecular weight excluding hydrogens is 328 g/mol. The molecule has 1 atom stereocenters. The second-order valence-electron chi connectivity index (χ2n) is 6.19. The molecule has 2 aromatic rings. The first-order valence-corrected chi connectivity index (χ1v) is 8.94. The molecule has 136 valence electrons. The number of hydrogen-bond donors (Lipinski definition) is 1. The molecule has 1 heterocycles. The Morgan fingerprint density at radius 1 is 1.04 bits per heavy atom. The van der Waals surface area contributed by atoms with Gasteiger partial charge in [-0.15, -0.1) is 0 Å². The Morgan fingerprint density at radius 2 is 1.77 bits per heavy atom. The van der Waals surface area contributed by atoms with Gasteiger partial charge in [0.2, 0.25) is 0 Å². The van der Waals surface area contributed by atoms with E-state index in [1.807, 2.05) is 37.3 Å². The Balaban J connectivity index is 1.52. The van der Waals surface area contributed by atoms with Gasteiger partial charge >= 0.3 is 6.09 Å². The number of anilines is 1. The van der Waals surface area contributed by atoms with Gasteiger partial charge in [-0.1, -0.05) is 24.3 Å². The smallest absolute Gasteiger partial charge is 0.417 e. The molecule has 5 heteroatoms. The quantitative estimate of drug-likeness (QED) is 0.821. The number of nitrogens with zero attached hydrogens (tertiary/aromatic N) is 1. The molecule has 1 N–H and O–H groups in total. The van der Waals surface area contributed by atoms with Gasteiger partial charge in [-0.25, -0.2) is 4.79 Å². The number of carbonyl (C=O) groups is 1. The highest BCUT2D eigenvalue weighted by atomic mass is 16.6. The number of carbonyl (C=O) groups excluding carboxylic acids is 1. The molecule has 1 unspecified atom stereocenters. The Labute approximate surface area is 154 Å². The lowest BCUT2D eigenvalue weighted by atomic mass is 10.2. The van der Waals surface area contributed by atoms with Crippen LogP contribution < -0.4 is 14.8 Å². The highest BCUT2D eigenvalue weighted by Gasteiger charge is 2.13. The molecule has 1 aliphatic rings. The standard InChI is InChI=1S/C21H24N2O3/c1-17(23-15-7-2-3-8-16-23)25-19-11-13-20(14-12-19)26-21(24)22-18-9-5-4-6-10-18/h4-7,9-15,17H,2-3,8,16H2,1H3,(H,22,24). The Morgan fingerprint density at radius 3 is 2.54 bits per heavy atom. The van der Waals surface area contributed by atoms with Gasteiger partial charge in [0, 0.05) is 12.2 Å². The van der Waals surface area contributed by atoms with E-state index in [1.165, 1.54) is 12.8 Å². The van der Waals surface area contributed by atoms with Gasteiger partial charge in [0.1, 0.15) is 11.5 Å². The predicted octanol–water partition coefficient (Wildman–Crippen LogP) is 5.02. The molecule has 5 nitrogen and oxygen atoms in total. The molecular formula is C21H24N2O3. The summed E-state index contributed by atoms with van der Waals surface area (Å²) in [5.41, 5.74) is 0.691. The second-order valence-corrected chi connectivity index (χ2v) is 6.19. The normalized spacial score (nSPS) is 15.0. The molecule has 0 fully saturated rings. The van der Waals surface area contributed by atoms with Crippen molar-refractivity contribution in [2.45, 2.75) is 32.4 Å². The van der Waals surface area contributed by atoms with Gasteiger partial charge in [0.25, 0.3) is 0 Å². The van der Waals surface area contributed by atoms with E-state index in [0.29, 0.717) is 11.4 Å². The first-order valence-electron chi connectivity index (χ1n) is 8.94. The summed E-state index contributed by atoms with van der Waals surface area (Å²) >= 11 is 0.